The molecule has 4 heteroatoms. The van der Waals surface area contributed by atoms with E-state index in [4.69, 9.17) is 0 Å². The molecule has 0 aliphatic carbocycles. The van der Waals surface area contributed by atoms with E-state index in [-0.39, 0.29) is 5.69 Å². The van der Waals surface area contributed by atoms with Gasteiger partial charge in [0, 0.05) is 11.0 Å². The van der Waals surface area contributed by atoms with Gasteiger partial charge in [0.25, 0.3) is 0 Å². The van der Waals surface area contributed by atoms with Gasteiger partial charge < -0.3 is 5.32 Å². The number of hydrogen-bond donors (Lipinski definition) is 1. The van der Waals surface area contributed by atoms with Gasteiger partial charge in [-0.1, -0.05) is 34.1 Å². The quantitative estimate of drug-likeness (QED) is 0.841. The SMILES string of the molecule is Cc1cccc(CNc2c(F)cc(Br)cc2F)c1C. The zero-order valence-electron chi connectivity index (χ0n) is 10.7. The third-order valence-corrected chi connectivity index (χ3v) is 3.64. The second kappa shape index (κ2) is 5.70. The predicted molar refractivity (Wildman–Crippen MR) is 77.3 cm³/mol. The minimum Gasteiger partial charge on any atom is -0.376 e. The standard InChI is InChI=1S/C15H14BrF2N/c1-9-4-3-5-11(10(9)2)8-19-15-13(17)6-12(16)7-14(15)18/h3-7,19H,8H2,1-2H3. The first-order valence-electron chi connectivity index (χ1n) is 5.92. The second-order valence-corrected chi connectivity index (χ2v) is 5.37. The topological polar surface area (TPSA) is 12.0 Å². The number of rotatable bonds is 3. The number of benzene rings is 2. The van der Waals surface area contributed by atoms with Crippen LogP contribution < -0.4 is 5.32 Å². The lowest BCUT2D eigenvalue weighted by molar-refractivity contribution is 0.586. The molecule has 0 aliphatic heterocycles. The van der Waals surface area contributed by atoms with Crippen LogP contribution in [-0.2, 0) is 6.54 Å². The molecule has 0 amide bonds. The Morgan fingerprint density at radius 3 is 2.37 bits per heavy atom. The van der Waals surface area contributed by atoms with Crippen LogP contribution in [-0.4, -0.2) is 0 Å². The Morgan fingerprint density at radius 1 is 1.11 bits per heavy atom. The first-order chi connectivity index (χ1) is 8.99. The van der Waals surface area contributed by atoms with E-state index in [0.29, 0.717) is 11.0 Å². The molecular weight excluding hydrogens is 312 g/mol. The first-order valence-corrected chi connectivity index (χ1v) is 6.72. The summed E-state index contributed by atoms with van der Waals surface area (Å²) in [4.78, 5) is 0. The molecule has 2 rings (SSSR count). The van der Waals surface area contributed by atoms with E-state index in [0.717, 1.165) is 16.7 Å². The van der Waals surface area contributed by atoms with Crippen LogP contribution in [0.4, 0.5) is 14.5 Å². The highest BCUT2D eigenvalue weighted by molar-refractivity contribution is 9.10. The minimum atomic E-state index is -0.600. The number of halogens is 3. The zero-order chi connectivity index (χ0) is 14.0. The summed E-state index contributed by atoms with van der Waals surface area (Å²) in [5, 5.41) is 2.82. The maximum absolute atomic E-state index is 13.7. The molecule has 0 spiro atoms. The van der Waals surface area contributed by atoms with Crippen molar-refractivity contribution in [2.45, 2.75) is 20.4 Å². The summed E-state index contributed by atoms with van der Waals surface area (Å²) in [6.45, 7) is 4.41. The van der Waals surface area contributed by atoms with Gasteiger partial charge in [0.2, 0.25) is 0 Å². The largest absolute Gasteiger partial charge is 0.376 e. The summed E-state index contributed by atoms with van der Waals surface area (Å²) in [6, 6.07) is 8.39. The summed E-state index contributed by atoms with van der Waals surface area (Å²) in [7, 11) is 0. The number of anilines is 1. The highest BCUT2D eigenvalue weighted by atomic mass is 79.9. The highest BCUT2D eigenvalue weighted by Crippen LogP contribution is 2.24. The average Bonchev–Trinajstić information content (AvgIpc) is 2.33. The Hall–Kier alpha value is -1.42. The van der Waals surface area contributed by atoms with Gasteiger partial charge in [0.05, 0.1) is 0 Å². The lowest BCUT2D eigenvalue weighted by Crippen LogP contribution is -2.05. The van der Waals surface area contributed by atoms with Crippen molar-refractivity contribution in [2.24, 2.45) is 0 Å². The Labute approximate surface area is 119 Å². The molecule has 0 bridgehead atoms. The molecule has 0 atom stereocenters. The van der Waals surface area contributed by atoms with E-state index < -0.39 is 11.6 Å². The molecule has 100 valence electrons. The van der Waals surface area contributed by atoms with Crippen molar-refractivity contribution in [1.29, 1.82) is 0 Å². The van der Waals surface area contributed by atoms with Crippen molar-refractivity contribution in [3.05, 3.63) is 63.1 Å². The van der Waals surface area contributed by atoms with Crippen LogP contribution in [0, 0.1) is 25.5 Å². The predicted octanol–water partition coefficient (Wildman–Crippen LogP) is 4.96. The van der Waals surface area contributed by atoms with Gasteiger partial charge in [-0.25, -0.2) is 8.78 Å². The average molecular weight is 326 g/mol. The lowest BCUT2D eigenvalue weighted by Gasteiger charge is -2.12. The molecule has 0 unspecified atom stereocenters. The molecule has 1 N–H and O–H groups in total. The second-order valence-electron chi connectivity index (χ2n) is 4.46. The zero-order valence-corrected chi connectivity index (χ0v) is 12.3. The smallest absolute Gasteiger partial charge is 0.150 e. The molecule has 2 aromatic rings. The molecule has 0 aliphatic rings. The van der Waals surface area contributed by atoms with Crippen LogP contribution >= 0.6 is 15.9 Å². The van der Waals surface area contributed by atoms with Crippen molar-refractivity contribution in [3.8, 4) is 0 Å². The molecule has 0 heterocycles. The molecule has 0 fully saturated rings. The maximum atomic E-state index is 13.7. The van der Waals surface area contributed by atoms with Gasteiger partial charge >= 0.3 is 0 Å². The summed E-state index contributed by atoms with van der Waals surface area (Å²) in [6.07, 6.45) is 0. The van der Waals surface area contributed by atoms with Gasteiger partial charge in [-0.15, -0.1) is 0 Å². The van der Waals surface area contributed by atoms with Crippen LogP contribution in [0.1, 0.15) is 16.7 Å². The van der Waals surface area contributed by atoms with E-state index in [9.17, 15) is 8.78 Å². The van der Waals surface area contributed by atoms with Crippen LogP contribution in [0.25, 0.3) is 0 Å². The van der Waals surface area contributed by atoms with E-state index in [2.05, 4.69) is 21.2 Å². The third kappa shape index (κ3) is 3.13. The van der Waals surface area contributed by atoms with Gasteiger partial charge in [-0.3, -0.25) is 0 Å². The molecule has 0 saturated carbocycles. The first kappa shape index (κ1) is 14.0. The van der Waals surface area contributed by atoms with Gasteiger partial charge in [0.15, 0.2) is 0 Å². The fourth-order valence-electron chi connectivity index (χ4n) is 1.90. The summed E-state index contributed by atoms with van der Waals surface area (Å²) < 4.78 is 27.7. The van der Waals surface area contributed by atoms with Crippen LogP contribution in [0.2, 0.25) is 0 Å². The van der Waals surface area contributed by atoms with Gasteiger partial charge in [-0.2, -0.15) is 0 Å². The van der Waals surface area contributed by atoms with Crippen LogP contribution in [0.3, 0.4) is 0 Å². The lowest BCUT2D eigenvalue weighted by atomic mass is 10.0. The fraction of sp³-hybridized carbons (Fsp3) is 0.200. The molecular formula is C15H14BrF2N. The van der Waals surface area contributed by atoms with Gasteiger partial charge in [0.1, 0.15) is 17.3 Å². The molecule has 0 aromatic heterocycles. The summed E-state index contributed by atoms with van der Waals surface area (Å²) in [5.74, 6) is -1.20. The minimum absolute atomic E-state index is 0.0934. The molecule has 1 nitrogen and oxygen atoms in total. The van der Waals surface area contributed by atoms with E-state index in [1.165, 1.54) is 12.1 Å². The van der Waals surface area contributed by atoms with Crippen LogP contribution in [0.15, 0.2) is 34.8 Å². The van der Waals surface area contributed by atoms with E-state index in [1.807, 2.05) is 32.0 Å². The summed E-state index contributed by atoms with van der Waals surface area (Å²) >= 11 is 3.06. The van der Waals surface area contributed by atoms with Crippen LogP contribution in [0.5, 0.6) is 0 Å². The van der Waals surface area contributed by atoms with Crippen molar-refractivity contribution in [2.75, 3.05) is 5.32 Å². The normalized spacial score (nSPS) is 10.6. The van der Waals surface area contributed by atoms with Crippen molar-refractivity contribution in [3.63, 3.8) is 0 Å². The third-order valence-electron chi connectivity index (χ3n) is 3.18. The molecule has 0 saturated heterocycles. The number of hydrogen-bond acceptors (Lipinski definition) is 1. The Kier molecular flexibility index (Phi) is 4.20. The van der Waals surface area contributed by atoms with Crippen molar-refractivity contribution in [1.82, 2.24) is 0 Å². The molecule has 0 radical (unpaired) electrons. The Morgan fingerprint density at radius 2 is 1.74 bits per heavy atom. The fourth-order valence-corrected chi connectivity index (χ4v) is 2.30. The van der Waals surface area contributed by atoms with E-state index >= 15 is 0 Å². The summed E-state index contributed by atoms with van der Waals surface area (Å²) in [5.41, 5.74) is 3.23. The number of aryl methyl sites for hydroxylation is 1. The van der Waals surface area contributed by atoms with Crippen molar-refractivity contribution < 1.29 is 8.78 Å². The maximum Gasteiger partial charge on any atom is 0.150 e. The highest BCUT2D eigenvalue weighted by Gasteiger charge is 2.10. The Bertz CT molecular complexity index is 588. The van der Waals surface area contributed by atoms with Crippen molar-refractivity contribution >= 4 is 21.6 Å². The van der Waals surface area contributed by atoms with E-state index in [1.54, 1.807) is 0 Å². The van der Waals surface area contributed by atoms with Gasteiger partial charge in [-0.05, 0) is 42.7 Å². The monoisotopic (exact) mass is 325 g/mol. The molecule has 2 aromatic carbocycles. The Balaban J connectivity index is 2.22. The molecule has 19 heavy (non-hydrogen) atoms. The number of nitrogens with one attached hydrogen (secondary N) is 1.